The zero-order valence-corrected chi connectivity index (χ0v) is 62.3. The van der Waals surface area contributed by atoms with Crippen molar-refractivity contribution in [3.05, 3.63) is 0 Å². The monoisotopic (exact) mass is 1370 g/mol. The third-order valence-corrected chi connectivity index (χ3v) is 19.1. The first-order valence-electron chi connectivity index (χ1n) is 38.5. The molecule has 0 aliphatic rings. The molecule has 0 saturated heterocycles. The average molecular weight is 1370 g/mol. The predicted molar refractivity (Wildman–Crippen MR) is 377 cm³/mol. The summed E-state index contributed by atoms with van der Waals surface area (Å²) in [5, 5.41) is 10.6. The Morgan fingerprint density at radius 2 is 0.495 bits per heavy atom. The van der Waals surface area contributed by atoms with Gasteiger partial charge in [-0.05, 0) is 37.5 Å². The molecule has 93 heavy (non-hydrogen) atoms. The maximum atomic E-state index is 13.1. The molecule has 0 heterocycles. The number of aliphatic hydroxyl groups is 1. The van der Waals surface area contributed by atoms with Crippen LogP contribution in [0.4, 0.5) is 0 Å². The molecule has 0 rings (SSSR count). The number of esters is 4. The minimum absolute atomic E-state index is 0.107. The fourth-order valence-electron chi connectivity index (χ4n) is 11.3. The number of hydrogen-bond donors (Lipinski definition) is 3. The van der Waals surface area contributed by atoms with Crippen LogP contribution in [0.5, 0.6) is 0 Å². The van der Waals surface area contributed by atoms with Gasteiger partial charge in [-0.3, -0.25) is 37.3 Å². The van der Waals surface area contributed by atoms with E-state index in [0.29, 0.717) is 25.7 Å². The van der Waals surface area contributed by atoms with E-state index >= 15 is 0 Å². The van der Waals surface area contributed by atoms with Crippen molar-refractivity contribution in [2.75, 3.05) is 39.6 Å². The molecule has 0 aliphatic heterocycles. The van der Waals surface area contributed by atoms with Crippen LogP contribution in [0.1, 0.15) is 382 Å². The fourth-order valence-corrected chi connectivity index (χ4v) is 12.9. The Hall–Kier alpha value is -1.94. The molecule has 3 N–H and O–H groups in total. The minimum atomic E-state index is -4.95. The van der Waals surface area contributed by atoms with E-state index in [2.05, 4.69) is 41.5 Å². The Morgan fingerprint density at radius 3 is 0.731 bits per heavy atom. The summed E-state index contributed by atoms with van der Waals surface area (Å²) in [5.41, 5.74) is 0. The number of phosphoric acid groups is 2. The Balaban J connectivity index is 5.20. The minimum Gasteiger partial charge on any atom is -0.462 e. The topological polar surface area (TPSA) is 237 Å². The number of hydrogen-bond acceptors (Lipinski definition) is 15. The molecule has 2 unspecified atom stereocenters. The van der Waals surface area contributed by atoms with Crippen LogP contribution in [-0.4, -0.2) is 96.7 Å². The standard InChI is InChI=1S/C74H144O17P2/c1-7-9-11-13-15-16-17-18-19-22-29-34-40-46-52-58-73(78)90-69(62-84-71(76)56-50-44-36-14-12-10-8-2)64-88-92(80,81)86-60-68(75)61-87-93(82,83)89-65-70(63-85-72(77)57-51-45-39-33-28-25-24-27-32-38-43-49-55-67(5)6)91-74(79)59-53-47-41-35-30-23-20-21-26-31-37-42-48-54-66(3)4/h66-70,75H,7-65H2,1-6H3,(H,80,81)(H,82,83)/t68-,69+,70+/m0/s1. The smallest absolute Gasteiger partial charge is 0.462 e. The zero-order chi connectivity index (χ0) is 68.6. The summed E-state index contributed by atoms with van der Waals surface area (Å²) in [6.45, 7) is 9.58. The van der Waals surface area contributed by atoms with Gasteiger partial charge in [0.2, 0.25) is 0 Å². The third-order valence-electron chi connectivity index (χ3n) is 17.2. The number of rotatable bonds is 73. The number of carbonyl (C=O) groups is 4. The molecular weight excluding hydrogens is 1220 g/mol. The largest absolute Gasteiger partial charge is 0.472 e. The normalized spacial score (nSPS) is 14.1. The molecule has 0 bridgehead atoms. The van der Waals surface area contributed by atoms with Crippen LogP contribution in [0.25, 0.3) is 0 Å². The second-order valence-electron chi connectivity index (χ2n) is 27.6. The van der Waals surface area contributed by atoms with Crippen molar-refractivity contribution in [1.29, 1.82) is 0 Å². The van der Waals surface area contributed by atoms with Gasteiger partial charge in [-0.15, -0.1) is 0 Å². The van der Waals surface area contributed by atoms with Crippen LogP contribution in [0.3, 0.4) is 0 Å². The molecule has 19 heteroatoms. The van der Waals surface area contributed by atoms with Gasteiger partial charge in [0, 0.05) is 25.7 Å². The molecule has 0 aromatic rings. The number of carbonyl (C=O) groups excluding carboxylic acids is 4. The van der Waals surface area contributed by atoms with E-state index in [1.54, 1.807) is 0 Å². The van der Waals surface area contributed by atoms with Gasteiger partial charge in [0.15, 0.2) is 12.2 Å². The highest BCUT2D eigenvalue weighted by Crippen LogP contribution is 2.45. The average Bonchev–Trinajstić information content (AvgIpc) is 3.46. The number of phosphoric ester groups is 2. The molecule has 0 saturated carbocycles. The van der Waals surface area contributed by atoms with Gasteiger partial charge in [-0.25, -0.2) is 9.13 Å². The van der Waals surface area contributed by atoms with Crippen LogP contribution < -0.4 is 0 Å². The van der Waals surface area contributed by atoms with E-state index in [9.17, 15) is 43.2 Å². The van der Waals surface area contributed by atoms with E-state index in [1.807, 2.05) is 0 Å². The highest BCUT2D eigenvalue weighted by Gasteiger charge is 2.30. The number of aliphatic hydroxyl groups excluding tert-OH is 1. The fraction of sp³-hybridized carbons (Fsp3) is 0.946. The van der Waals surface area contributed by atoms with Crippen LogP contribution in [0, 0.1) is 11.8 Å². The van der Waals surface area contributed by atoms with E-state index in [-0.39, 0.29) is 25.7 Å². The Morgan fingerprint density at radius 1 is 0.290 bits per heavy atom. The summed E-state index contributed by atoms with van der Waals surface area (Å²) in [5.74, 6) is -0.553. The lowest BCUT2D eigenvalue weighted by Crippen LogP contribution is -2.30. The highest BCUT2D eigenvalue weighted by atomic mass is 31.2. The molecular formula is C74H144O17P2. The van der Waals surface area contributed by atoms with E-state index in [4.69, 9.17) is 37.0 Å². The summed E-state index contributed by atoms with van der Waals surface area (Å²) in [4.78, 5) is 72.6. The van der Waals surface area contributed by atoms with Gasteiger partial charge in [-0.1, -0.05) is 330 Å². The molecule has 5 atom stereocenters. The molecule has 0 amide bonds. The maximum Gasteiger partial charge on any atom is 0.472 e. The summed E-state index contributed by atoms with van der Waals surface area (Å²) >= 11 is 0. The molecule has 0 fully saturated rings. The third kappa shape index (κ3) is 68.4. The number of unbranched alkanes of at least 4 members (excludes halogenated alkanes) is 43. The van der Waals surface area contributed by atoms with E-state index in [0.717, 1.165) is 115 Å². The van der Waals surface area contributed by atoms with Crippen molar-refractivity contribution in [3.8, 4) is 0 Å². The van der Waals surface area contributed by atoms with E-state index in [1.165, 1.54) is 186 Å². The van der Waals surface area contributed by atoms with E-state index < -0.39 is 97.5 Å². The second-order valence-corrected chi connectivity index (χ2v) is 30.5. The second kappa shape index (κ2) is 66.0. The maximum absolute atomic E-state index is 13.1. The molecule has 0 radical (unpaired) electrons. The van der Waals surface area contributed by atoms with Crippen molar-refractivity contribution >= 4 is 39.5 Å². The van der Waals surface area contributed by atoms with Crippen molar-refractivity contribution in [2.24, 2.45) is 11.8 Å². The van der Waals surface area contributed by atoms with Gasteiger partial charge in [0.1, 0.15) is 19.3 Å². The first kappa shape index (κ1) is 91.1. The quantitative estimate of drug-likeness (QED) is 0.0222. The lowest BCUT2D eigenvalue weighted by Gasteiger charge is -2.21. The lowest BCUT2D eigenvalue weighted by molar-refractivity contribution is -0.161. The summed E-state index contributed by atoms with van der Waals surface area (Å²) in [6, 6.07) is 0. The summed E-state index contributed by atoms with van der Waals surface area (Å²) < 4.78 is 68.4. The first-order chi connectivity index (χ1) is 44.9. The van der Waals surface area contributed by atoms with Crippen molar-refractivity contribution in [1.82, 2.24) is 0 Å². The Bertz CT molecular complexity index is 1800. The van der Waals surface area contributed by atoms with Gasteiger partial charge < -0.3 is 33.8 Å². The van der Waals surface area contributed by atoms with Gasteiger partial charge in [-0.2, -0.15) is 0 Å². The van der Waals surface area contributed by atoms with Gasteiger partial charge in [0.25, 0.3) is 0 Å². The van der Waals surface area contributed by atoms with Crippen LogP contribution in [0.15, 0.2) is 0 Å². The highest BCUT2D eigenvalue weighted by molar-refractivity contribution is 7.47. The summed E-state index contributed by atoms with van der Waals surface area (Å²) in [6.07, 6.45) is 52.7. The SMILES string of the molecule is CCCCCCCCCCCCCCCCCC(=O)O[C@H](COC(=O)CCCCCCCCC)COP(=O)(O)OC[C@H](O)COP(=O)(O)OC[C@@H](COC(=O)CCCCCCCCCCCCCCC(C)C)OC(=O)CCCCCCCCCCCCCCCC(C)C. The first-order valence-corrected chi connectivity index (χ1v) is 41.5. The van der Waals surface area contributed by atoms with Crippen molar-refractivity contribution in [3.63, 3.8) is 0 Å². The van der Waals surface area contributed by atoms with Crippen LogP contribution >= 0.6 is 15.6 Å². The molecule has 17 nitrogen and oxygen atoms in total. The van der Waals surface area contributed by atoms with Crippen molar-refractivity contribution < 1.29 is 80.2 Å². The van der Waals surface area contributed by atoms with Crippen molar-refractivity contribution in [2.45, 2.75) is 400 Å². The molecule has 552 valence electrons. The predicted octanol–water partition coefficient (Wildman–Crippen LogP) is 21.6. The lowest BCUT2D eigenvalue weighted by atomic mass is 10.0. The molecule has 0 spiro atoms. The molecule has 0 aromatic carbocycles. The number of ether oxygens (including phenoxy) is 4. The molecule has 0 aromatic heterocycles. The molecule has 0 aliphatic carbocycles. The Kier molecular flexibility index (Phi) is 64.6. The van der Waals surface area contributed by atoms with Crippen LogP contribution in [-0.2, 0) is 65.4 Å². The Labute approximate surface area is 568 Å². The zero-order valence-electron chi connectivity index (χ0n) is 60.6. The van der Waals surface area contributed by atoms with Gasteiger partial charge in [0.05, 0.1) is 26.4 Å². The van der Waals surface area contributed by atoms with Crippen LogP contribution in [0.2, 0.25) is 0 Å². The van der Waals surface area contributed by atoms with Gasteiger partial charge >= 0.3 is 39.5 Å². The summed E-state index contributed by atoms with van der Waals surface area (Å²) in [7, 11) is -9.90.